The van der Waals surface area contributed by atoms with E-state index >= 15 is 0 Å². The largest absolute Gasteiger partial charge is 0.354 e. The van der Waals surface area contributed by atoms with Crippen LogP contribution >= 0.6 is 11.3 Å². The van der Waals surface area contributed by atoms with Crippen LogP contribution in [0.2, 0.25) is 0 Å². The standard InChI is InChI=1S/C23H30N6OS/c1-18(23-25-22(26-30-23)20-7-5-15-31-20)29-10-4-6-19(17-29)16-27-11-13-28(14-12-27)21-8-2-3-9-24-21/h2-3,5,7-9,15,18-19H,4,6,10-14,16-17H2,1H3. The van der Waals surface area contributed by atoms with Gasteiger partial charge in [-0.05, 0) is 55.8 Å². The monoisotopic (exact) mass is 438 g/mol. The fourth-order valence-corrected chi connectivity index (χ4v) is 5.38. The van der Waals surface area contributed by atoms with E-state index in [2.05, 4.69) is 48.9 Å². The number of rotatable bonds is 6. The van der Waals surface area contributed by atoms with Gasteiger partial charge in [-0.3, -0.25) is 9.80 Å². The summed E-state index contributed by atoms with van der Waals surface area (Å²) >= 11 is 1.64. The van der Waals surface area contributed by atoms with Gasteiger partial charge in [-0.15, -0.1) is 11.3 Å². The molecular formula is C23H30N6OS. The van der Waals surface area contributed by atoms with E-state index in [1.54, 1.807) is 11.3 Å². The molecule has 2 fully saturated rings. The van der Waals surface area contributed by atoms with E-state index in [0.29, 0.717) is 11.7 Å². The summed E-state index contributed by atoms with van der Waals surface area (Å²) in [6, 6.07) is 10.4. The van der Waals surface area contributed by atoms with Crippen LogP contribution in [0.4, 0.5) is 5.82 Å². The molecule has 3 aromatic heterocycles. The molecule has 0 bridgehead atoms. The van der Waals surface area contributed by atoms with Crippen LogP contribution in [0, 0.1) is 5.92 Å². The SMILES string of the molecule is CC(c1nc(-c2cccs2)no1)N1CCCC(CN2CCN(c3ccccn3)CC2)C1. The Kier molecular flexibility index (Phi) is 6.29. The highest BCUT2D eigenvalue weighted by molar-refractivity contribution is 7.13. The van der Waals surface area contributed by atoms with Crippen molar-refractivity contribution in [2.45, 2.75) is 25.8 Å². The van der Waals surface area contributed by atoms with Crippen LogP contribution in [0.25, 0.3) is 10.7 Å². The number of nitrogens with zero attached hydrogens (tertiary/aromatic N) is 6. The van der Waals surface area contributed by atoms with Gasteiger partial charge in [-0.2, -0.15) is 4.98 Å². The summed E-state index contributed by atoms with van der Waals surface area (Å²) in [6.45, 7) is 9.88. The Balaban J connectivity index is 1.14. The van der Waals surface area contributed by atoms with Crippen molar-refractivity contribution in [2.75, 3.05) is 50.7 Å². The molecule has 7 nitrogen and oxygen atoms in total. The topological polar surface area (TPSA) is 61.5 Å². The smallest absolute Gasteiger partial charge is 0.244 e. The summed E-state index contributed by atoms with van der Waals surface area (Å²) in [7, 11) is 0. The Morgan fingerprint density at radius 3 is 2.81 bits per heavy atom. The van der Waals surface area contributed by atoms with E-state index in [1.807, 2.05) is 29.8 Å². The van der Waals surface area contributed by atoms with Crippen molar-refractivity contribution in [3.63, 3.8) is 0 Å². The van der Waals surface area contributed by atoms with Gasteiger partial charge in [-0.1, -0.05) is 17.3 Å². The van der Waals surface area contributed by atoms with Crippen molar-refractivity contribution in [1.82, 2.24) is 24.9 Å². The summed E-state index contributed by atoms with van der Waals surface area (Å²) in [5, 5.41) is 6.24. The maximum atomic E-state index is 5.62. The number of piperidine rings is 1. The molecule has 0 aliphatic carbocycles. The highest BCUT2D eigenvalue weighted by Crippen LogP contribution is 2.29. The Labute approximate surface area is 187 Å². The van der Waals surface area contributed by atoms with Gasteiger partial charge in [0.1, 0.15) is 5.82 Å². The molecular weight excluding hydrogens is 408 g/mol. The number of anilines is 1. The van der Waals surface area contributed by atoms with Gasteiger partial charge >= 0.3 is 0 Å². The summed E-state index contributed by atoms with van der Waals surface area (Å²) in [6.07, 6.45) is 4.41. The first-order chi connectivity index (χ1) is 15.3. The zero-order valence-electron chi connectivity index (χ0n) is 18.1. The number of aromatic nitrogens is 3. The minimum Gasteiger partial charge on any atom is -0.354 e. The van der Waals surface area contributed by atoms with Gasteiger partial charge in [0.15, 0.2) is 0 Å². The maximum absolute atomic E-state index is 5.62. The van der Waals surface area contributed by atoms with Crippen LogP contribution in [0.3, 0.4) is 0 Å². The number of pyridine rings is 1. The van der Waals surface area contributed by atoms with Crippen molar-refractivity contribution in [3.05, 3.63) is 47.8 Å². The zero-order chi connectivity index (χ0) is 21.0. The zero-order valence-corrected chi connectivity index (χ0v) is 18.9. The van der Waals surface area contributed by atoms with Crippen molar-refractivity contribution < 1.29 is 4.52 Å². The van der Waals surface area contributed by atoms with E-state index < -0.39 is 0 Å². The predicted molar refractivity (Wildman–Crippen MR) is 123 cm³/mol. The lowest BCUT2D eigenvalue weighted by atomic mass is 9.96. The molecule has 0 saturated carbocycles. The first kappa shape index (κ1) is 20.6. The second-order valence-corrected chi connectivity index (χ2v) is 9.54. The molecule has 164 valence electrons. The lowest BCUT2D eigenvalue weighted by Gasteiger charge is -2.40. The van der Waals surface area contributed by atoms with E-state index in [9.17, 15) is 0 Å². The highest BCUT2D eigenvalue weighted by Gasteiger charge is 2.29. The van der Waals surface area contributed by atoms with Gasteiger partial charge in [-0.25, -0.2) is 4.98 Å². The quantitative estimate of drug-likeness (QED) is 0.580. The molecule has 2 aliphatic heterocycles. The normalized spacial score (nSPS) is 22.0. The lowest BCUT2D eigenvalue weighted by molar-refractivity contribution is 0.0883. The van der Waals surface area contributed by atoms with Crippen LogP contribution in [0.1, 0.15) is 31.7 Å². The van der Waals surface area contributed by atoms with E-state index in [1.165, 1.54) is 19.4 Å². The van der Waals surface area contributed by atoms with Crippen LogP contribution in [0.15, 0.2) is 46.4 Å². The van der Waals surface area contributed by atoms with Crippen LogP contribution in [-0.4, -0.2) is 70.7 Å². The molecule has 2 saturated heterocycles. The summed E-state index contributed by atoms with van der Waals surface area (Å²) in [5.41, 5.74) is 0. The molecule has 0 N–H and O–H groups in total. The van der Waals surface area contributed by atoms with Crippen molar-refractivity contribution in [3.8, 4) is 10.7 Å². The van der Waals surface area contributed by atoms with Gasteiger partial charge in [0, 0.05) is 45.5 Å². The van der Waals surface area contributed by atoms with Crippen molar-refractivity contribution in [1.29, 1.82) is 0 Å². The van der Waals surface area contributed by atoms with E-state index in [0.717, 1.165) is 55.9 Å². The minimum absolute atomic E-state index is 0.157. The fourth-order valence-electron chi connectivity index (χ4n) is 4.73. The van der Waals surface area contributed by atoms with Crippen LogP contribution < -0.4 is 4.90 Å². The van der Waals surface area contributed by atoms with Crippen LogP contribution in [0.5, 0.6) is 0 Å². The Morgan fingerprint density at radius 2 is 2.03 bits per heavy atom. The maximum Gasteiger partial charge on any atom is 0.244 e. The molecule has 3 aromatic rings. The molecule has 5 heterocycles. The molecule has 2 unspecified atom stereocenters. The molecule has 8 heteroatoms. The molecule has 2 aliphatic rings. The van der Waals surface area contributed by atoms with Gasteiger partial charge < -0.3 is 9.42 Å². The van der Waals surface area contributed by atoms with Gasteiger partial charge in [0.2, 0.25) is 11.7 Å². The van der Waals surface area contributed by atoms with E-state index in [4.69, 9.17) is 4.52 Å². The van der Waals surface area contributed by atoms with Gasteiger partial charge in [0.05, 0.1) is 10.9 Å². The first-order valence-electron chi connectivity index (χ1n) is 11.3. The number of hydrogen-bond acceptors (Lipinski definition) is 8. The second-order valence-electron chi connectivity index (χ2n) is 8.59. The number of thiophene rings is 1. The van der Waals surface area contributed by atoms with Crippen molar-refractivity contribution in [2.24, 2.45) is 5.92 Å². The number of hydrogen-bond donors (Lipinski definition) is 0. The van der Waals surface area contributed by atoms with Crippen LogP contribution in [-0.2, 0) is 0 Å². The fraction of sp³-hybridized carbons (Fsp3) is 0.522. The average molecular weight is 439 g/mol. The summed E-state index contributed by atoms with van der Waals surface area (Å²) in [4.78, 5) is 17.8. The first-order valence-corrected chi connectivity index (χ1v) is 12.1. The Hall–Kier alpha value is -2.29. The molecule has 2 atom stereocenters. The molecule has 0 radical (unpaired) electrons. The molecule has 5 rings (SSSR count). The average Bonchev–Trinajstić information content (AvgIpc) is 3.52. The third kappa shape index (κ3) is 4.81. The van der Waals surface area contributed by atoms with E-state index in [-0.39, 0.29) is 6.04 Å². The van der Waals surface area contributed by atoms with Crippen molar-refractivity contribution >= 4 is 17.2 Å². The minimum atomic E-state index is 0.157. The highest BCUT2D eigenvalue weighted by atomic mass is 32.1. The summed E-state index contributed by atoms with van der Waals surface area (Å²) in [5.74, 6) is 3.22. The second kappa shape index (κ2) is 9.46. The Morgan fingerprint density at radius 1 is 1.13 bits per heavy atom. The number of likely N-dealkylation sites (tertiary alicyclic amines) is 1. The molecule has 0 aromatic carbocycles. The molecule has 0 spiro atoms. The Bertz CT molecular complexity index is 938. The third-order valence-electron chi connectivity index (χ3n) is 6.50. The number of piperazine rings is 1. The summed E-state index contributed by atoms with van der Waals surface area (Å²) < 4.78 is 5.62. The third-order valence-corrected chi connectivity index (χ3v) is 7.37. The molecule has 31 heavy (non-hydrogen) atoms. The molecule has 0 amide bonds. The van der Waals surface area contributed by atoms with Gasteiger partial charge in [0.25, 0.3) is 0 Å². The lowest BCUT2D eigenvalue weighted by Crippen LogP contribution is -2.50. The predicted octanol–water partition coefficient (Wildman–Crippen LogP) is 3.79.